The molecule has 7 heteroatoms. The van der Waals surface area contributed by atoms with Crippen LogP contribution in [0.1, 0.15) is 43.7 Å². The zero-order valence-corrected chi connectivity index (χ0v) is 22.5. The van der Waals surface area contributed by atoms with Crippen molar-refractivity contribution in [2.45, 2.75) is 45.3 Å². The molecule has 200 valence electrons. The van der Waals surface area contributed by atoms with E-state index in [-0.39, 0.29) is 12.1 Å². The molecule has 2 aliphatic heterocycles. The first kappa shape index (κ1) is 26.9. The van der Waals surface area contributed by atoms with Gasteiger partial charge in [0.1, 0.15) is 17.6 Å². The highest BCUT2D eigenvalue weighted by Crippen LogP contribution is 2.25. The number of amides is 2. The predicted molar refractivity (Wildman–Crippen MR) is 149 cm³/mol. The number of likely N-dealkylation sites (tertiary alicyclic amines) is 1. The molecule has 2 saturated heterocycles. The summed E-state index contributed by atoms with van der Waals surface area (Å²) in [6.07, 6.45) is 4.41. The van der Waals surface area contributed by atoms with Crippen LogP contribution >= 0.6 is 0 Å². The predicted octanol–water partition coefficient (Wildman–Crippen LogP) is 4.84. The van der Waals surface area contributed by atoms with Crippen molar-refractivity contribution in [3.63, 3.8) is 0 Å². The van der Waals surface area contributed by atoms with Gasteiger partial charge in [-0.15, -0.1) is 0 Å². The van der Waals surface area contributed by atoms with E-state index in [9.17, 15) is 4.79 Å². The lowest BCUT2D eigenvalue weighted by Gasteiger charge is -2.37. The van der Waals surface area contributed by atoms with Gasteiger partial charge in [0.25, 0.3) is 0 Å². The standard InChI is InChI=1S/C30H42N4O3/c1-4-5-16-31-30(35)34-21-19-33(20-22-34)24(2)26-8-12-28(13-9-26)37-29-14-17-32(18-15-29)23-25-6-10-27(36-3)11-7-25/h6-13,29H,2,4-5,14-23H2,1,3H3,(H,31,35). The largest absolute Gasteiger partial charge is 0.497 e. The summed E-state index contributed by atoms with van der Waals surface area (Å²) in [5, 5.41) is 3.01. The van der Waals surface area contributed by atoms with Crippen molar-refractivity contribution in [1.29, 1.82) is 0 Å². The maximum absolute atomic E-state index is 12.3. The Morgan fingerprint density at radius 1 is 0.919 bits per heavy atom. The lowest BCUT2D eigenvalue weighted by atomic mass is 10.1. The van der Waals surface area contributed by atoms with E-state index in [1.807, 2.05) is 17.0 Å². The van der Waals surface area contributed by atoms with Crippen molar-refractivity contribution >= 4 is 11.7 Å². The van der Waals surface area contributed by atoms with Crippen molar-refractivity contribution in [3.8, 4) is 11.5 Å². The second kappa shape index (κ2) is 13.4. The third-order valence-corrected chi connectivity index (χ3v) is 7.35. The van der Waals surface area contributed by atoms with E-state index in [1.54, 1.807) is 7.11 Å². The normalized spacial score (nSPS) is 16.9. The van der Waals surface area contributed by atoms with Crippen LogP contribution in [0, 0.1) is 0 Å². The number of carbonyl (C=O) groups excluding carboxylic acids is 1. The molecule has 2 amide bonds. The number of carbonyl (C=O) groups is 1. The van der Waals surface area contributed by atoms with Gasteiger partial charge in [0.15, 0.2) is 0 Å². The van der Waals surface area contributed by atoms with E-state index in [4.69, 9.17) is 9.47 Å². The Bertz CT molecular complexity index is 992. The van der Waals surface area contributed by atoms with E-state index in [0.717, 1.165) is 101 Å². The average molecular weight is 507 g/mol. The van der Waals surface area contributed by atoms with Crippen molar-refractivity contribution in [1.82, 2.24) is 20.0 Å². The first-order valence-corrected chi connectivity index (χ1v) is 13.6. The second-order valence-electron chi connectivity index (χ2n) is 9.97. The molecular formula is C30H42N4O3. The van der Waals surface area contributed by atoms with Gasteiger partial charge in [-0.25, -0.2) is 4.79 Å². The van der Waals surface area contributed by atoms with Crippen LogP contribution in [0.4, 0.5) is 4.79 Å². The van der Waals surface area contributed by atoms with Crippen LogP contribution in [0.15, 0.2) is 55.1 Å². The Balaban J connectivity index is 1.18. The number of unbranched alkanes of at least 4 members (excludes halogenated alkanes) is 1. The van der Waals surface area contributed by atoms with Crippen molar-refractivity contribution in [3.05, 3.63) is 66.2 Å². The number of rotatable bonds is 10. The second-order valence-corrected chi connectivity index (χ2v) is 9.97. The molecular weight excluding hydrogens is 464 g/mol. The third-order valence-electron chi connectivity index (χ3n) is 7.35. The van der Waals surface area contributed by atoms with Crippen molar-refractivity contribution < 1.29 is 14.3 Å². The molecule has 4 rings (SSSR count). The Labute approximate surface area is 222 Å². The number of hydrogen-bond donors (Lipinski definition) is 1. The number of hydrogen-bond acceptors (Lipinski definition) is 5. The van der Waals surface area contributed by atoms with Gasteiger partial charge in [-0.05, 0) is 66.8 Å². The van der Waals surface area contributed by atoms with Crippen molar-refractivity contribution in [2.24, 2.45) is 0 Å². The van der Waals surface area contributed by atoms with Gasteiger partial charge < -0.3 is 24.6 Å². The fourth-order valence-corrected chi connectivity index (χ4v) is 4.94. The number of piperazine rings is 1. The summed E-state index contributed by atoms with van der Waals surface area (Å²) in [5.74, 6) is 1.81. The van der Waals surface area contributed by atoms with Gasteiger partial charge >= 0.3 is 6.03 Å². The summed E-state index contributed by atoms with van der Waals surface area (Å²) < 4.78 is 11.6. The van der Waals surface area contributed by atoms with E-state index >= 15 is 0 Å². The highest BCUT2D eigenvalue weighted by molar-refractivity contribution is 5.74. The molecule has 7 nitrogen and oxygen atoms in total. The highest BCUT2D eigenvalue weighted by Gasteiger charge is 2.23. The van der Waals surface area contributed by atoms with Crippen LogP contribution in [0.5, 0.6) is 11.5 Å². The highest BCUT2D eigenvalue weighted by atomic mass is 16.5. The summed E-state index contributed by atoms with van der Waals surface area (Å²) in [5.41, 5.74) is 3.42. The SMILES string of the molecule is C=C(c1ccc(OC2CCN(Cc3ccc(OC)cc3)CC2)cc1)N1CCN(C(=O)NCCCC)CC1. The van der Waals surface area contributed by atoms with Gasteiger partial charge in [0.2, 0.25) is 0 Å². The number of benzene rings is 2. The summed E-state index contributed by atoms with van der Waals surface area (Å²) in [4.78, 5) is 19.0. The van der Waals surface area contributed by atoms with E-state index in [2.05, 4.69) is 65.0 Å². The molecule has 0 aromatic heterocycles. The van der Waals surface area contributed by atoms with Crippen LogP contribution in [0.3, 0.4) is 0 Å². The Morgan fingerprint density at radius 2 is 1.54 bits per heavy atom. The van der Waals surface area contributed by atoms with Gasteiger partial charge in [-0.3, -0.25) is 4.90 Å². The molecule has 0 bridgehead atoms. The van der Waals surface area contributed by atoms with E-state index in [1.165, 1.54) is 5.56 Å². The number of nitrogens with zero attached hydrogens (tertiary/aromatic N) is 3. The number of nitrogens with one attached hydrogen (secondary N) is 1. The molecule has 1 N–H and O–H groups in total. The molecule has 2 aromatic carbocycles. The fraction of sp³-hybridized carbons (Fsp3) is 0.500. The summed E-state index contributed by atoms with van der Waals surface area (Å²) in [6, 6.07) is 16.7. The molecule has 2 heterocycles. The number of methoxy groups -OCH3 is 1. The van der Waals surface area contributed by atoms with Crippen LogP contribution in [-0.4, -0.2) is 79.8 Å². The Morgan fingerprint density at radius 3 is 2.16 bits per heavy atom. The number of piperidine rings is 1. The Kier molecular flexibility index (Phi) is 9.71. The summed E-state index contributed by atoms with van der Waals surface area (Å²) in [7, 11) is 1.70. The topological polar surface area (TPSA) is 57.3 Å². The maximum atomic E-state index is 12.3. The minimum absolute atomic E-state index is 0.0479. The summed E-state index contributed by atoms with van der Waals surface area (Å²) in [6.45, 7) is 13.3. The molecule has 0 saturated carbocycles. The molecule has 0 aliphatic carbocycles. The summed E-state index contributed by atoms with van der Waals surface area (Å²) >= 11 is 0. The van der Waals surface area contributed by atoms with Gasteiger partial charge in [0, 0.05) is 58.1 Å². The smallest absolute Gasteiger partial charge is 0.317 e. The molecule has 0 spiro atoms. The lowest BCUT2D eigenvalue weighted by Crippen LogP contribution is -2.51. The van der Waals surface area contributed by atoms with E-state index < -0.39 is 0 Å². The van der Waals surface area contributed by atoms with Crippen LogP contribution < -0.4 is 14.8 Å². The average Bonchev–Trinajstić information content (AvgIpc) is 2.95. The minimum Gasteiger partial charge on any atom is -0.497 e. The molecule has 0 atom stereocenters. The zero-order valence-electron chi connectivity index (χ0n) is 22.5. The first-order chi connectivity index (χ1) is 18.1. The number of urea groups is 1. The first-order valence-electron chi connectivity index (χ1n) is 13.6. The van der Waals surface area contributed by atoms with Gasteiger partial charge in [-0.1, -0.05) is 32.1 Å². The molecule has 0 radical (unpaired) electrons. The van der Waals surface area contributed by atoms with E-state index in [0.29, 0.717) is 0 Å². The molecule has 2 fully saturated rings. The lowest BCUT2D eigenvalue weighted by molar-refractivity contribution is 0.0968. The monoisotopic (exact) mass is 506 g/mol. The fourth-order valence-electron chi connectivity index (χ4n) is 4.94. The third kappa shape index (κ3) is 7.65. The molecule has 0 unspecified atom stereocenters. The molecule has 2 aromatic rings. The maximum Gasteiger partial charge on any atom is 0.317 e. The quantitative estimate of drug-likeness (QED) is 0.468. The Hall–Kier alpha value is -3.19. The van der Waals surface area contributed by atoms with Gasteiger partial charge in [-0.2, -0.15) is 0 Å². The zero-order chi connectivity index (χ0) is 26.0. The van der Waals surface area contributed by atoms with Crippen LogP contribution in [-0.2, 0) is 6.54 Å². The van der Waals surface area contributed by atoms with Crippen LogP contribution in [0.25, 0.3) is 5.70 Å². The minimum atomic E-state index is 0.0479. The van der Waals surface area contributed by atoms with Gasteiger partial charge in [0.05, 0.1) is 7.11 Å². The number of ether oxygens (including phenoxy) is 2. The molecule has 37 heavy (non-hydrogen) atoms. The molecule has 2 aliphatic rings. The van der Waals surface area contributed by atoms with Crippen molar-refractivity contribution in [2.75, 3.05) is 52.9 Å². The van der Waals surface area contributed by atoms with Crippen LogP contribution in [0.2, 0.25) is 0 Å².